The number of rotatable bonds is 3. The third-order valence-electron chi connectivity index (χ3n) is 2.34. The fourth-order valence-electron chi connectivity index (χ4n) is 1.59. The highest BCUT2D eigenvalue weighted by Crippen LogP contribution is 2.15. The molecule has 1 atom stereocenters. The van der Waals surface area contributed by atoms with E-state index in [4.69, 9.17) is 4.74 Å². The summed E-state index contributed by atoms with van der Waals surface area (Å²) in [5, 5.41) is 0. The Morgan fingerprint density at radius 1 is 1.77 bits per heavy atom. The predicted molar refractivity (Wildman–Crippen MR) is 46.5 cm³/mol. The molecule has 1 aliphatic heterocycles. The van der Waals surface area contributed by atoms with E-state index in [0.717, 1.165) is 32.5 Å². The van der Waals surface area contributed by atoms with Gasteiger partial charge in [-0.1, -0.05) is 0 Å². The first kappa shape index (κ1) is 8.44. The van der Waals surface area contributed by atoms with Crippen molar-refractivity contribution < 1.29 is 9.53 Å². The highest BCUT2D eigenvalue weighted by Gasteiger charge is 2.16. The van der Waals surface area contributed by atoms with E-state index >= 15 is 0 Å². The zero-order valence-corrected chi connectivity index (χ0v) is 7.35. The average molecular weight is 180 g/mol. The summed E-state index contributed by atoms with van der Waals surface area (Å²) >= 11 is 0. The Bertz CT molecular complexity index is 290. The first-order valence-electron chi connectivity index (χ1n) is 4.43. The number of imidazole rings is 1. The number of hydrogen-bond donors (Lipinski definition) is 0. The minimum Gasteiger partial charge on any atom is -0.381 e. The van der Waals surface area contributed by atoms with Gasteiger partial charge in [0.25, 0.3) is 0 Å². The molecule has 0 amide bonds. The smallest absolute Gasteiger partial charge is 0.168 e. The van der Waals surface area contributed by atoms with Crippen LogP contribution in [0.3, 0.4) is 0 Å². The number of nitrogens with zero attached hydrogens (tertiary/aromatic N) is 2. The quantitative estimate of drug-likeness (QED) is 0.644. The van der Waals surface area contributed by atoms with Crippen LogP contribution in [0.5, 0.6) is 0 Å². The number of aldehydes is 1. The number of ether oxygens (including phenoxy) is 1. The fourth-order valence-corrected chi connectivity index (χ4v) is 1.59. The van der Waals surface area contributed by atoms with Crippen molar-refractivity contribution in [1.29, 1.82) is 0 Å². The van der Waals surface area contributed by atoms with E-state index in [1.165, 1.54) is 0 Å². The molecule has 4 heteroatoms. The van der Waals surface area contributed by atoms with Crippen molar-refractivity contribution in [2.75, 3.05) is 13.2 Å². The van der Waals surface area contributed by atoms with Crippen LogP contribution in [-0.2, 0) is 11.3 Å². The first-order chi connectivity index (χ1) is 6.40. The van der Waals surface area contributed by atoms with Crippen molar-refractivity contribution in [3.8, 4) is 0 Å². The third-order valence-corrected chi connectivity index (χ3v) is 2.34. The van der Waals surface area contributed by atoms with Gasteiger partial charge in [-0.15, -0.1) is 0 Å². The number of carbonyl (C=O) groups is 1. The van der Waals surface area contributed by atoms with Crippen LogP contribution in [0.25, 0.3) is 0 Å². The topological polar surface area (TPSA) is 44.1 Å². The molecule has 1 fully saturated rings. The summed E-state index contributed by atoms with van der Waals surface area (Å²) in [4.78, 5) is 14.5. The molecule has 0 saturated carbocycles. The van der Waals surface area contributed by atoms with Gasteiger partial charge in [-0.25, -0.2) is 4.98 Å². The van der Waals surface area contributed by atoms with Crippen molar-refractivity contribution in [2.24, 2.45) is 5.92 Å². The van der Waals surface area contributed by atoms with E-state index in [2.05, 4.69) is 4.98 Å². The average Bonchev–Trinajstić information content (AvgIpc) is 2.76. The second-order valence-electron chi connectivity index (χ2n) is 3.32. The summed E-state index contributed by atoms with van der Waals surface area (Å²) in [5.41, 5.74) is 0.645. The standard InChI is InChI=1S/C9H12N2O2/c12-5-9-3-10-7-11(9)4-8-1-2-13-6-8/h3,5,7-8H,1-2,4,6H2. The molecule has 1 aromatic rings. The number of carbonyl (C=O) groups excluding carboxylic acids is 1. The van der Waals surface area contributed by atoms with E-state index in [1.807, 2.05) is 4.57 Å². The van der Waals surface area contributed by atoms with Crippen molar-refractivity contribution in [2.45, 2.75) is 13.0 Å². The Balaban J connectivity index is 2.03. The Morgan fingerprint density at radius 2 is 2.69 bits per heavy atom. The molecule has 1 aliphatic rings. The Labute approximate surface area is 76.5 Å². The monoisotopic (exact) mass is 180 g/mol. The largest absolute Gasteiger partial charge is 0.381 e. The Morgan fingerprint density at radius 3 is 3.38 bits per heavy atom. The zero-order valence-electron chi connectivity index (χ0n) is 7.35. The normalized spacial score (nSPS) is 22.0. The molecular formula is C9H12N2O2. The van der Waals surface area contributed by atoms with Crippen LogP contribution >= 0.6 is 0 Å². The summed E-state index contributed by atoms with van der Waals surface area (Å²) in [6.07, 6.45) is 5.20. The van der Waals surface area contributed by atoms with Crippen molar-refractivity contribution in [1.82, 2.24) is 9.55 Å². The molecule has 0 aromatic carbocycles. The van der Waals surface area contributed by atoms with Gasteiger partial charge in [0.1, 0.15) is 5.69 Å². The fraction of sp³-hybridized carbons (Fsp3) is 0.556. The van der Waals surface area contributed by atoms with Gasteiger partial charge in [0.15, 0.2) is 6.29 Å². The Kier molecular flexibility index (Phi) is 2.40. The molecule has 0 N–H and O–H groups in total. The van der Waals surface area contributed by atoms with Crippen LogP contribution in [0.1, 0.15) is 16.9 Å². The lowest BCUT2D eigenvalue weighted by Gasteiger charge is -2.08. The zero-order chi connectivity index (χ0) is 9.10. The molecule has 1 unspecified atom stereocenters. The summed E-state index contributed by atoms with van der Waals surface area (Å²) in [7, 11) is 0. The molecule has 0 aliphatic carbocycles. The summed E-state index contributed by atoms with van der Waals surface area (Å²) in [6, 6.07) is 0. The Hall–Kier alpha value is -1.16. The van der Waals surface area contributed by atoms with Gasteiger partial charge < -0.3 is 9.30 Å². The molecule has 2 rings (SSSR count). The lowest BCUT2D eigenvalue weighted by molar-refractivity contribution is 0.111. The molecule has 0 bridgehead atoms. The highest BCUT2D eigenvalue weighted by atomic mass is 16.5. The molecule has 1 saturated heterocycles. The second-order valence-corrected chi connectivity index (χ2v) is 3.32. The molecule has 2 heterocycles. The van der Waals surface area contributed by atoms with E-state index in [1.54, 1.807) is 12.5 Å². The van der Waals surface area contributed by atoms with E-state index in [9.17, 15) is 4.79 Å². The van der Waals surface area contributed by atoms with Crippen LogP contribution in [-0.4, -0.2) is 29.1 Å². The second kappa shape index (κ2) is 3.70. The van der Waals surface area contributed by atoms with Crippen LogP contribution in [0, 0.1) is 5.92 Å². The lowest BCUT2D eigenvalue weighted by Crippen LogP contribution is -2.11. The van der Waals surface area contributed by atoms with Crippen molar-refractivity contribution >= 4 is 6.29 Å². The first-order valence-corrected chi connectivity index (χ1v) is 4.43. The van der Waals surface area contributed by atoms with Gasteiger partial charge in [-0.2, -0.15) is 0 Å². The van der Waals surface area contributed by atoms with E-state index < -0.39 is 0 Å². The van der Waals surface area contributed by atoms with E-state index in [0.29, 0.717) is 11.6 Å². The molecule has 1 aromatic heterocycles. The molecule has 13 heavy (non-hydrogen) atoms. The van der Waals surface area contributed by atoms with Crippen LogP contribution in [0.2, 0.25) is 0 Å². The molecule has 0 spiro atoms. The SMILES string of the molecule is O=Cc1cncn1CC1CCOC1. The van der Waals surface area contributed by atoms with Crippen LogP contribution in [0.4, 0.5) is 0 Å². The molecule has 4 nitrogen and oxygen atoms in total. The van der Waals surface area contributed by atoms with Gasteiger partial charge in [-0.3, -0.25) is 4.79 Å². The molecular weight excluding hydrogens is 168 g/mol. The van der Waals surface area contributed by atoms with Gasteiger partial charge in [0.05, 0.1) is 19.1 Å². The van der Waals surface area contributed by atoms with Gasteiger partial charge in [0, 0.05) is 19.1 Å². The third kappa shape index (κ3) is 1.78. The minimum absolute atomic E-state index is 0.535. The predicted octanol–water partition coefficient (Wildman–Crippen LogP) is 0.732. The minimum atomic E-state index is 0.535. The number of aromatic nitrogens is 2. The van der Waals surface area contributed by atoms with Gasteiger partial charge in [-0.05, 0) is 6.42 Å². The van der Waals surface area contributed by atoms with E-state index in [-0.39, 0.29) is 0 Å². The maximum absolute atomic E-state index is 10.6. The van der Waals surface area contributed by atoms with Crippen molar-refractivity contribution in [3.05, 3.63) is 18.2 Å². The summed E-state index contributed by atoms with van der Waals surface area (Å²) < 4.78 is 7.14. The van der Waals surface area contributed by atoms with Gasteiger partial charge >= 0.3 is 0 Å². The van der Waals surface area contributed by atoms with Crippen LogP contribution < -0.4 is 0 Å². The molecule has 0 radical (unpaired) electrons. The maximum Gasteiger partial charge on any atom is 0.168 e. The van der Waals surface area contributed by atoms with Crippen molar-refractivity contribution in [3.63, 3.8) is 0 Å². The van der Waals surface area contributed by atoms with Crippen LogP contribution in [0.15, 0.2) is 12.5 Å². The lowest BCUT2D eigenvalue weighted by atomic mass is 10.1. The highest BCUT2D eigenvalue weighted by molar-refractivity contribution is 5.71. The summed E-state index contributed by atoms with van der Waals surface area (Å²) in [5.74, 6) is 0.535. The summed E-state index contributed by atoms with van der Waals surface area (Å²) in [6.45, 7) is 2.49. The maximum atomic E-state index is 10.6. The van der Waals surface area contributed by atoms with Gasteiger partial charge in [0.2, 0.25) is 0 Å². The molecule has 70 valence electrons. The number of hydrogen-bond acceptors (Lipinski definition) is 3.